The summed E-state index contributed by atoms with van der Waals surface area (Å²) in [6, 6.07) is 18.6. The van der Waals surface area contributed by atoms with E-state index in [-0.39, 0.29) is 35.7 Å². The minimum absolute atomic E-state index is 0.141. The van der Waals surface area contributed by atoms with Crippen LogP contribution < -0.4 is 16.4 Å². The van der Waals surface area contributed by atoms with Crippen molar-refractivity contribution in [3.8, 4) is 45.0 Å². The van der Waals surface area contributed by atoms with Gasteiger partial charge in [0.25, 0.3) is 0 Å². The van der Waals surface area contributed by atoms with E-state index in [1.54, 1.807) is 42.6 Å². The van der Waals surface area contributed by atoms with Crippen molar-refractivity contribution in [1.82, 2.24) is 49.8 Å². The molecule has 0 spiro atoms. The zero-order valence-corrected chi connectivity index (χ0v) is 44.4. The van der Waals surface area contributed by atoms with Gasteiger partial charge in [-0.25, -0.2) is 19.6 Å². The van der Waals surface area contributed by atoms with Crippen LogP contribution in [0.4, 0.5) is 9.59 Å². The van der Waals surface area contributed by atoms with Crippen LogP contribution in [0, 0.1) is 11.8 Å². The van der Waals surface area contributed by atoms with E-state index < -0.39 is 24.3 Å². The van der Waals surface area contributed by atoms with Crippen LogP contribution in [0.2, 0.25) is 0 Å². The Balaban J connectivity index is 1.16. The normalized spacial score (nSPS) is 16.7. The maximum atomic E-state index is 13.8. The van der Waals surface area contributed by atoms with Gasteiger partial charge >= 0.3 is 12.2 Å². The number of hydrogen-bond acceptors (Lipinski definition) is 12. The molecule has 6 N–H and O–H groups in total. The maximum absolute atomic E-state index is 13.8. The summed E-state index contributed by atoms with van der Waals surface area (Å²) in [6.45, 7) is 15.4. The number of aromatic amines is 2. The molecule has 400 valence electrons. The number of alkyl carbamates (subject to hydrolysis) is 2. The number of hydrogen-bond donors (Lipinski definition) is 5. The first-order valence-corrected chi connectivity index (χ1v) is 25.6. The van der Waals surface area contributed by atoms with Crippen LogP contribution in [0.15, 0.2) is 104 Å². The summed E-state index contributed by atoms with van der Waals surface area (Å²) in [5, 5.41) is 5.43. The van der Waals surface area contributed by atoms with Crippen molar-refractivity contribution in [2.24, 2.45) is 17.6 Å². The average molecular weight is 1030 g/mol. The van der Waals surface area contributed by atoms with Gasteiger partial charge < -0.3 is 64.5 Å². The van der Waals surface area contributed by atoms with E-state index in [4.69, 9.17) is 34.6 Å². The maximum Gasteiger partial charge on any atom is 0.407 e. The highest BCUT2D eigenvalue weighted by atomic mass is 16.5. The lowest BCUT2D eigenvalue weighted by molar-refractivity contribution is -0.136. The molecule has 3 aromatic heterocycles. The van der Waals surface area contributed by atoms with Gasteiger partial charge in [-0.3, -0.25) is 9.59 Å². The predicted molar refractivity (Wildman–Crippen MR) is 288 cm³/mol. The van der Waals surface area contributed by atoms with Gasteiger partial charge in [0, 0.05) is 52.3 Å². The third-order valence-corrected chi connectivity index (χ3v) is 14.0. The van der Waals surface area contributed by atoms with Crippen LogP contribution in [0.5, 0.6) is 0 Å². The zero-order valence-electron chi connectivity index (χ0n) is 44.4. The smallest absolute Gasteiger partial charge is 0.407 e. The molecule has 2 aliphatic heterocycles. The molecule has 19 nitrogen and oxygen atoms in total. The Morgan fingerprint density at radius 2 is 1.09 bits per heavy atom. The van der Waals surface area contributed by atoms with Crippen LogP contribution in [0.25, 0.3) is 50.7 Å². The van der Waals surface area contributed by atoms with Crippen LogP contribution in [0.1, 0.15) is 77.1 Å². The van der Waals surface area contributed by atoms with Gasteiger partial charge in [-0.2, -0.15) is 0 Å². The summed E-state index contributed by atoms with van der Waals surface area (Å²) in [7, 11) is 5.92. The number of amides is 4. The van der Waals surface area contributed by atoms with E-state index in [1.165, 1.54) is 14.2 Å². The van der Waals surface area contributed by atoms with Gasteiger partial charge in [0.05, 0.1) is 80.4 Å². The highest BCUT2D eigenvalue weighted by Gasteiger charge is 2.39. The van der Waals surface area contributed by atoms with Crippen LogP contribution in [-0.2, 0) is 28.5 Å². The fourth-order valence-electron chi connectivity index (χ4n) is 9.79. The lowest BCUT2D eigenvalue weighted by atomic mass is 10.0. The van der Waals surface area contributed by atoms with Gasteiger partial charge in [-0.15, -0.1) is 0 Å². The number of ether oxygens (including phenoxy) is 4. The second-order valence-corrected chi connectivity index (χ2v) is 19.4. The van der Waals surface area contributed by atoms with Crippen molar-refractivity contribution in [3.05, 3.63) is 115 Å². The van der Waals surface area contributed by atoms with E-state index in [2.05, 4.69) is 73.0 Å². The molecule has 0 radical (unpaired) electrons. The largest absolute Gasteiger partial charge is 0.453 e. The summed E-state index contributed by atoms with van der Waals surface area (Å²) in [4.78, 5) is 74.1. The van der Waals surface area contributed by atoms with Crippen molar-refractivity contribution in [1.29, 1.82) is 0 Å². The third kappa shape index (κ3) is 12.8. The first kappa shape index (κ1) is 55.1. The number of H-pyrrole nitrogens is 2. The first-order valence-electron chi connectivity index (χ1n) is 25.6. The molecule has 2 saturated heterocycles. The number of imidazole rings is 2. The Kier molecular flexibility index (Phi) is 18.8. The number of rotatable bonds is 22. The first-order chi connectivity index (χ1) is 36.2. The second kappa shape index (κ2) is 25.5. The highest BCUT2D eigenvalue weighted by Crippen LogP contribution is 2.37. The Labute approximate surface area is 439 Å². The molecule has 19 heteroatoms. The molecule has 2 aromatic carbocycles. The van der Waals surface area contributed by atoms with Crippen molar-refractivity contribution in [2.75, 3.05) is 67.8 Å². The van der Waals surface area contributed by atoms with Crippen molar-refractivity contribution in [2.45, 2.75) is 77.5 Å². The summed E-state index contributed by atoms with van der Waals surface area (Å²) in [5.74, 6) is 0.757. The summed E-state index contributed by atoms with van der Waals surface area (Å²) in [6.07, 6.45) is 10.9. The molecule has 5 aromatic rings. The number of carbonyl (C=O) groups excluding carboxylic acids is 4. The van der Waals surface area contributed by atoms with Crippen molar-refractivity contribution >= 4 is 29.7 Å². The van der Waals surface area contributed by atoms with E-state index in [0.29, 0.717) is 56.7 Å². The highest BCUT2D eigenvalue weighted by molar-refractivity contribution is 5.87. The fourth-order valence-corrected chi connectivity index (χ4v) is 9.79. The van der Waals surface area contributed by atoms with Crippen molar-refractivity contribution in [3.63, 3.8) is 0 Å². The van der Waals surface area contributed by atoms with Crippen LogP contribution in [0.3, 0.4) is 0 Å². The number of nitrogens with two attached hydrogens (primary N) is 1. The van der Waals surface area contributed by atoms with E-state index in [0.717, 1.165) is 76.4 Å². The van der Waals surface area contributed by atoms with Gasteiger partial charge in [-0.1, -0.05) is 82.8 Å². The number of methoxy groups -OCH3 is 4. The Morgan fingerprint density at radius 1 is 0.680 bits per heavy atom. The SMILES string of the molecule is C=C(/C=C\C(=C/N)n1c(-c2ccc(-c3cnc([C@@H]4CCCN4C(=O)[C@@H](NC(=O)OC)C(C)C)[nH]3)cc2)ccc1-c1ccc(-c2cnc([C@@H]3CCCN3C(=O)[C@@H](NC(=O)OC)C(C)C)[nH]2)cc1)N(CCOC)CCOC. The standard InChI is InChI=1S/C56H73N11O8/c1-35(2)49(62-55(70)74-8)53(68)65-26-10-12-47(65)51-58-33-43(60-51)38-15-19-40(20-16-38)45-24-25-46(67(45)42(32-57)23-14-37(5)64(28-30-72-6)29-31-73-7)41-21-17-39(18-22-41)44-34-59-52(61-44)48-13-11-27-66(48)54(69)50(36(3)4)63-56(71)75-9/h14-25,32-36,47-50H,5,10-13,26-31,57H2,1-4,6-9H3,(H,58,60)(H,59,61)(H,62,70)(H,63,71)/b23-14-,42-32+/t47-,48-,49-,50-/m0/s1. The van der Waals surface area contributed by atoms with E-state index in [9.17, 15) is 19.2 Å². The van der Waals surface area contributed by atoms with Crippen LogP contribution in [-0.4, -0.2) is 143 Å². The molecular weight excluding hydrogens is 955 g/mol. The third-order valence-electron chi connectivity index (χ3n) is 14.0. The van der Waals surface area contributed by atoms with E-state index in [1.807, 2.05) is 64.1 Å². The average Bonchev–Trinajstić information content (AvgIpc) is 4.29. The minimum Gasteiger partial charge on any atom is -0.453 e. The Hall–Kier alpha value is -7.64. The quantitative estimate of drug-likeness (QED) is 0.0415. The van der Waals surface area contributed by atoms with Gasteiger partial charge in [0.15, 0.2) is 0 Å². The molecule has 0 saturated carbocycles. The molecular formula is C56H73N11O8. The molecule has 75 heavy (non-hydrogen) atoms. The molecule has 0 unspecified atom stereocenters. The molecule has 7 rings (SSSR count). The topological polar surface area (TPSA) is 227 Å². The molecule has 0 bridgehead atoms. The molecule has 2 fully saturated rings. The molecule has 4 atom stereocenters. The van der Waals surface area contributed by atoms with Crippen molar-refractivity contribution < 1.29 is 38.1 Å². The lowest BCUT2D eigenvalue weighted by Crippen LogP contribution is -2.51. The number of carbonyl (C=O) groups is 4. The monoisotopic (exact) mass is 1030 g/mol. The number of allylic oxidation sites excluding steroid dienone is 3. The Morgan fingerprint density at radius 3 is 1.47 bits per heavy atom. The number of likely N-dealkylation sites (tertiary alicyclic amines) is 2. The molecule has 5 heterocycles. The van der Waals surface area contributed by atoms with Gasteiger partial charge in [0.1, 0.15) is 23.7 Å². The van der Waals surface area contributed by atoms with Crippen LogP contribution >= 0.6 is 0 Å². The fraction of sp³-hybridized carbons (Fsp3) is 0.429. The lowest BCUT2D eigenvalue weighted by Gasteiger charge is -2.30. The molecule has 4 amide bonds. The second-order valence-electron chi connectivity index (χ2n) is 19.4. The van der Waals surface area contributed by atoms with Gasteiger partial charge in [-0.05, 0) is 84.1 Å². The minimum atomic E-state index is -0.728. The molecule has 0 aliphatic carbocycles. The summed E-state index contributed by atoms with van der Waals surface area (Å²) >= 11 is 0. The number of aromatic nitrogens is 5. The molecule has 2 aliphatic rings. The summed E-state index contributed by atoms with van der Waals surface area (Å²) in [5.41, 5.74) is 15.1. The summed E-state index contributed by atoms with van der Waals surface area (Å²) < 4.78 is 22.5. The number of nitrogens with one attached hydrogen (secondary N) is 4. The Bertz CT molecular complexity index is 2640. The number of nitrogens with zero attached hydrogens (tertiary/aromatic N) is 6. The number of benzene rings is 2. The predicted octanol–water partition coefficient (Wildman–Crippen LogP) is 8.11. The van der Waals surface area contributed by atoms with E-state index >= 15 is 0 Å². The van der Waals surface area contributed by atoms with Gasteiger partial charge in [0.2, 0.25) is 11.8 Å². The zero-order chi connectivity index (χ0) is 53.8.